The topological polar surface area (TPSA) is 59.0 Å². The number of nitrogens with zero attached hydrogens (tertiary/aromatic N) is 1. The minimum absolute atomic E-state index is 0.222. The Kier molecular flexibility index (Phi) is 7.61. The molecular formula is C27H32ClNO4. The zero-order valence-electron chi connectivity index (χ0n) is 19.1. The van der Waals surface area contributed by atoms with E-state index in [-0.39, 0.29) is 11.9 Å². The monoisotopic (exact) mass is 469 g/mol. The molecule has 0 unspecified atom stereocenters. The molecule has 176 valence electrons. The Labute approximate surface area is 201 Å². The van der Waals surface area contributed by atoms with E-state index < -0.39 is 6.10 Å². The number of aliphatic hydroxyl groups is 1. The molecule has 1 heterocycles. The molecule has 0 aromatic heterocycles. The Morgan fingerprint density at radius 3 is 2.85 bits per heavy atom. The molecule has 1 N–H and O–H groups in total. The Hall–Kier alpha value is -2.50. The third-order valence-corrected chi connectivity index (χ3v) is 7.24. The van der Waals surface area contributed by atoms with Gasteiger partial charge >= 0.3 is 5.97 Å². The first-order valence-corrected chi connectivity index (χ1v) is 12.1. The largest absolute Gasteiger partial charge is 0.487 e. The number of anilines is 1. The van der Waals surface area contributed by atoms with Crippen molar-refractivity contribution in [2.45, 2.75) is 44.8 Å². The van der Waals surface area contributed by atoms with Gasteiger partial charge in [0.25, 0.3) is 0 Å². The Bertz CT molecular complexity index is 1010. The van der Waals surface area contributed by atoms with Crippen molar-refractivity contribution in [1.82, 2.24) is 0 Å². The van der Waals surface area contributed by atoms with Crippen molar-refractivity contribution in [2.24, 2.45) is 11.8 Å². The highest BCUT2D eigenvalue weighted by Crippen LogP contribution is 2.40. The smallest absolute Gasteiger partial charge is 0.337 e. The van der Waals surface area contributed by atoms with Crippen LogP contribution in [0.5, 0.6) is 5.75 Å². The zero-order valence-corrected chi connectivity index (χ0v) is 19.9. The third kappa shape index (κ3) is 5.36. The first-order valence-electron chi connectivity index (χ1n) is 11.7. The number of ether oxygens (including phenoxy) is 2. The molecule has 6 heteroatoms. The third-order valence-electron chi connectivity index (χ3n) is 7.01. The summed E-state index contributed by atoms with van der Waals surface area (Å²) in [6, 6.07) is 11.5. The van der Waals surface area contributed by atoms with Crippen LogP contribution in [0.25, 0.3) is 0 Å². The van der Waals surface area contributed by atoms with E-state index in [9.17, 15) is 9.90 Å². The summed E-state index contributed by atoms with van der Waals surface area (Å²) in [7, 11) is 1.39. The van der Waals surface area contributed by atoms with Crippen LogP contribution in [0.4, 0.5) is 5.69 Å². The zero-order chi connectivity index (χ0) is 23.4. The molecule has 0 radical (unpaired) electrons. The van der Waals surface area contributed by atoms with Crippen LogP contribution in [0.15, 0.2) is 49.1 Å². The van der Waals surface area contributed by atoms with Crippen LogP contribution in [0.2, 0.25) is 5.02 Å². The highest BCUT2D eigenvalue weighted by atomic mass is 35.5. The van der Waals surface area contributed by atoms with Crippen molar-refractivity contribution in [3.05, 3.63) is 70.8 Å². The maximum Gasteiger partial charge on any atom is 0.337 e. The summed E-state index contributed by atoms with van der Waals surface area (Å²) in [5, 5.41) is 11.1. The van der Waals surface area contributed by atoms with Crippen molar-refractivity contribution >= 4 is 23.3 Å². The lowest BCUT2D eigenvalue weighted by molar-refractivity contribution is 0.0465. The molecule has 0 spiro atoms. The van der Waals surface area contributed by atoms with E-state index in [1.807, 2.05) is 30.3 Å². The molecule has 2 aromatic rings. The van der Waals surface area contributed by atoms with Crippen molar-refractivity contribution < 1.29 is 19.4 Å². The highest BCUT2D eigenvalue weighted by Gasteiger charge is 2.36. The van der Waals surface area contributed by atoms with E-state index in [1.54, 1.807) is 12.1 Å². The molecular weight excluding hydrogens is 438 g/mol. The van der Waals surface area contributed by atoms with Crippen LogP contribution in [0, 0.1) is 11.8 Å². The first kappa shape index (κ1) is 23.7. The van der Waals surface area contributed by atoms with Crippen molar-refractivity contribution in [3.63, 3.8) is 0 Å². The standard InChI is InChI=1S/C27H32ClNO4/c1-3-25(30)23-11-8-20(23)16-29-13-5-4-6-18-14-22(28)10-7-21(18)17-33-26-12-9-19(15-24(26)29)27(31)32-2/h3,7,9-10,12,14-15,20,23,25,30H,1,4-6,8,11,13,16-17H2,2H3/t20-,23+,25-/m0/s1. The van der Waals surface area contributed by atoms with Crippen molar-refractivity contribution in [3.8, 4) is 5.75 Å². The average Bonchev–Trinajstić information content (AvgIpc) is 2.84. The maximum atomic E-state index is 12.3. The molecule has 5 nitrogen and oxygen atoms in total. The maximum absolute atomic E-state index is 12.3. The number of fused-ring (bicyclic) bond motifs is 2. The molecule has 1 saturated carbocycles. The van der Waals surface area contributed by atoms with Gasteiger partial charge in [0.05, 0.1) is 24.5 Å². The lowest BCUT2D eigenvalue weighted by Gasteiger charge is -2.42. The van der Waals surface area contributed by atoms with Gasteiger partial charge in [-0.2, -0.15) is 0 Å². The van der Waals surface area contributed by atoms with E-state index in [0.717, 1.165) is 67.2 Å². The van der Waals surface area contributed by atoms with Gasteiger partial charge in [-0.05, 0) is 85.4 Å². The van der Waals surface area contributed by atoms with Crippen LogP contribution in [0.1, 0.15) is 47.2 Å². The average molecular weight is 470 g/mol. The van der Waals surface area contributed by atoms with Crippen molar-refractivity contribution in [1.29, 1.82) is 0 Å². The summed E-state index contributed by atoms with van der Waals surface area (Å²) in [5.41, 5.74) is 3.75. The molecule has 1 aliphatic carbocycles. The van der Waals surface area contributed by atoms with Crippen LogP contribution < -0.4 is 9.64 Å². The fraction of sp³-hybridized carbons (Fsp3) is 0.444. The second kappa shape index (κ2) is 10.6. The summed E-state index contributed by atoms with van der Waals surface area (Å²) in [5.74, 6) is 0.968. The molecule has 2 aliphatic rings. The number of rotatable bonds is 5. The predicted octanol–water partition coefficient (Wildman–Crippen LogP) is 5.42. The minimum atomic E-state index is -0.482. The number of hydrogen-bond donors (Lipinski definition) is 1. The second-order valence-electron chi connectivity index (χ2n) is 9.01. The van der Waals surface area contributed by atoms with Gasteiger partial charge in [-0.3, -0.25) is 0 Å². The Balaban J connectivity index is 1.66. The number of halogens is 1. The van der Waals surface area contributed by atoms with Gasteiger partial charge in [0.2, 0.25) is 0 Å². The molecule has 0 bridgehead atoms. The van der Waals surface area contributed by atoms with Crippen LogP contribution in [0.3, 0.4) is 0 Å². The highest BCUT2D eigenvalue weighted by molar-refractivity contribution is 6.30. The number of esters is 1. The first-order chi connectivity index (χ1) is 16.0. The summed E-state index contributed by atoms with van der Waals surface area (Å²) in [4.78, 5) is 14.6. The summed E-state index contributed by atoms with van der Waals surface area (Å²) in [6.45, 7) is 5.84. The van der Waals surface area contributed by atoms with Crippen LogP contribution in [-0.2, 0) is 17.8 Å². The van der Waals surface area contributed by atoms with E-state index >= 15 is 0 Å². The van der Waals surface area contributed by atoms with Crippen molar-refractivity contribution in [2.75, 3.05) is 25.1 Å². The second-order valence-corrected chi connectivity index (χ2v) is 9.44. The van der Waals surface area contributed by atoms with E-state index in [2.05, 4.69) is 11.5 Å². The summed E-state index contributed by atoms with van der Waals surface area (Å²) in [6.07, 6.45) is 6.20. The quantitative estimate of drug-likeness (QED) is 0.468. The van der Waals surface area contributed by atoms with Gasteiger partial charge in [0.1, 0.15) is 12.4 Å². The number of benzene rings is 2. The number of carbonyl (C=O) groups excluding carboxylic acids is 1. The van der Waals surface area contributed by atoms with Gasteiger partial charge < -0.3 is 19.5 Å². The number of aliphatic hydroxyl groups excluding tert-OH is 1. The molecule has 1 aliphatic heterocycles. The fourth-order valence-corrected chi connectivity index (χ4v) is 5.11. The predicted molar refractivity (Wildman–Crippen MR) is 131 cm³/mol. The molecule has 3 atom stereocenters. The fourth-order valence-electron chi connectivity index (χ4n) is 4.91. The van der Waals surface area contributed by atoms with E-state index in [4.69, 9.17) is 21.1 Å². The molecule has 1 fully saturated rings. The Morgan fingerprint density at radius 2 is 2.12 bits per heavy atom. The lowest BCUT2D eigenvalue weighted by Crippen LogP contribution is -2.43. The normalized spacial score (nSPS) is 21.4. The number of aryl methyl sites for hydroxylation is 1. The van der Waals surface area contributed by atoms with Gasteiger partial charge in [-0.1, -0.05) is 23.7 Å². The molecule has 0 amide bonds. The summed E-state index contributed by atoms with van der Waals surface area (Å²) < 4.78 is 11.3. The summed E-state index contributed by atoms with van der Waals surface area (Å²) >= 11 is 6.25. The van der Waals surface area contributed by atoms with Gasteiger partial charge in [0.15, 0.2) is 0 Å². The molecule has 4 rings (SSSR count). The number of hydrogen-bond acceptors (Lipinski definition) is 5. The van der Waals surface area contributed by atoms with E-state index in [1.165, 1.54) is 12.7 Å². The van der Waals surface area contributed by atoms with Crippen LogP contribution >= 0.6 is 11.6 Å². The van der Waals surface area contributed by atoms with Gasteiger partial charge in [-0.25, -0.2) is 4.79 Å². The Morgan fingerprint density at radius 1 is 1.27 bits per heavy atom. The van der Waals surface area contributed by atoms with Gasteiger partial charge in [-0.15, -0.1) is 6.58 Å². The van der Waals surface area contributed by atoms with Gasteiger partial charge in [0, 0.05) is 18.1 Å². The molecule has 2 aromatic carbocycles. The number of carbonyl (C=O) groups is 1. The van der Waals surface area contributed by atoms with E-state index in [0.29, 0.717) is 18.1 Å². The number of methoxy groups -OCH3 is 1. The molecule has 0 saturated heterocycles. The SMILES string of the molecule is C=C[C@H](O)[C@@H]1CC[C@H]1CN1CCCCc2cc(Cl)ccc2COc2ccc(C(=O)OC)cc21. The lowest BCUT2D eigenvalue weighted by atomic mass is 9.70. The molecule has 33 heavy (non-hydrogen) atoms. The minimum Gasteiger partial charge on any atom is -0.487 e. The van der Waals surface area contributed by atoms with Crippen LogP contribution in [-0.4, -0.2) is 37.4 Å².